The van der Waals surface area contributed by atoms with E-state index in [2.05, 4.69) is 50.3 Å². The monoisotopic (exact) mass is 364 g/mol. The fraction of sp³-hybridized carbons (Fsp3) is 0.667. The maximum absolute atomic E-state index is 9.96. The molecule has 0 bridgehead atoms. The zero-order chi connectivity index (χ0) is 19.5. The van der Waals surface area contributed by atoms with Crippen LogP contribution in [-0.2, 0) is 4.84 Å². The smallest absolute Gasteiger partial charge is 0.127 e. The first kappa shape index (κ1) is 22.8. The molecule has 5 nitrogen and oxygen atoms in total. The maximum atomic E-state index is 9.96. The van der Waals surface area contributed by atoms with Crippen molar-refractivity contribution in [2.24, 2.45) is 4.99 Å². The molecule has 1 aliphatic rings. The van der Waals surface area contributed by atoms with Crippen LogP contribution < -0.4 is 5.48 Å². The highest BCUT2D eigenvalue weighted by Crippen LogP contribution is 2.14. The first-order valence-corrected chi connectivity index (χ1v) is 9.53. The Bertz CT molecular complexity index is 533. The van der Waals surface area contributed by atoms with Crippen LogP contribution in [-0.4, -0.2) is 47.3 Å². The van der Waals surface area contributed by atoms with Crippen molar-refractivity contribution in [3.8, 4) is 0 Å². The molecule has 1 fully saturated rings. The van der Waals surface area contributed by atoms with E-state index in [-0.39, 0.29) is 6.04 Å². The first-order chi connectivity index (χ1) is 12.3. The summed E-state index contributed by atoms with van der Waals surface area (Å²) in [5, 5.41) is 19.8. The predicted molar refractivity (Wildman–Crippen MR) is 108 cm³/mol. The number of hydrogen-bond donors (Lipinski definition) is 3. The average molecular weight is 365 g/mol. The van der Waals surface area contributed by atoms with Crippen LogP contribution in [0.25, 0.3) is 0 Å². The molecule has 26 heavy (non-hydrogen) atoms. The number of nitrogens with one attached hydrogen (secondary N) is 1. The largest absolute Gasteiger partial charge is 0.389 e. The minimum absolute atomic E-state index is 0.286. The third-order valence-corrected chi connectivity index (χ3v) is 4.52. The van der Waals surface area contributed by atoms with Crippen molar-refractivity contribution >= 4 is 6.21 Å². The molecule has 1 heterocycles. The molecule has 0 saturated carbocycles. The summed E-state index contributed by atoms with van der Waals surface area (Å²) in [7, 11) is 0. The second-order valence-electron chi connectivity index (χ2n) is 7.48. The molecule has 148 valence electrons. The molecule has 0 amide bonds. The van der Waals surface area contributed by atoms with Gasteiger partial charge in [0.05, 0.1) is 18.7 Å². The van der Waals surface area contributed by atoms with Crippen molar-refractivity contribution in [1.29, 1.82) is 0 Å². The van der Waals surface area contributed by atoms with Gasteiger partial charge in [-0.1, -0.05) is 28.9 Å². The SMILES string of the molecule is CC(C)=CCC/C(C)=C/CC/C(C)=C/C=N/CC1ONC(C)C(O)C1O. The van der Waals surface area contributed by atoms with E-state index in [1.165, 1.54) is 16.7 Å². The highest BCUT2D eigenvalue weighted by molar-refractivity contribution is 5.72. The number of aliphatic hydroxyl groups is 2. The van der Waals surface area contributed by atoms with Gasteiger partial charge in [0.15, 0.2) is 0 Å². The molecule has 0 aromatic heterocycles. The van der Waals surface area contributed by atoms with Crippen LogP contribution in [0.4, 0.5) is 0 Å². The molecule has 0 radical (unpaired) electrons. The number of aliphatic hydroxyl groups excluding tert-OH is 2. The van der Waals surface area contributed by atoms with Crippen molar-refractivity contribution in [2.75, 3.05) is 6.54 Å². The summed E-state index contributed by atoms with van der Waals surface area (Å²) in [5.74, 6) is 0. The highest BCUT2D eigenvalue weighted by Gasteiger charge is 2.35. The summed E-state index contributed by atoms with van der Waals surface area (Å²) in [6.07, 6.45) is 10.3. The molecule has 1 rings (SSSR count). The van der Waals surface area contributed by atoms with Gasteiger partial charge in [-0.2, -0.15) is 5.48 Å². The normalized spacial score (nSPS) is 27.8. The van der Waals surface area contributed by atoms with Gasteiger partial charge in [0, 0.05) is 6.21 Å². The second-order valence-corrected chi connectivity index (χ2v) is 7.48. The number of allylic oxidation sites excluding steroid dienone is 6. The van der Waals surface area contributed by atoms with Gasteiger partial charge in [-0.15, -0.1) is 0 Å². The molecule has 4 atom stereocenters. The molecule has 0 spiro atoms. The van der Waals surface area contributed by atoms with Crippen molar-refractivity contribution in [1.82, 2.24) is 5.48 Å². The van der Waals surface area contributed by atoms with Crippen LogP contribution in [0, 0.1) is 0 Å². The first-order valence-electron chi connectivity index (χ1n) is 9.53. The van der Waals surface area contributed by atoms with E-state index in [1.54, 1.807) is 13.1 Å². The summed E-state index contributed by atoms with van der Waals surface area (Å²) in [6.45, 7) is 10.6. The van der Waals surface area contributed by atoms with Crippen molar-refractivity contribution in [2.45, 2.75) is 84.7 Å². The number of hydroxylamine groups is 1. The van der Waals surface area contributed by atoms with Crippen LogP contribution >= 0.6 is 0 Å². The summed E-state index contributed by atoms with van der Waals surface area (Å²) in [6, 6.07) is -0.286. The lowest BCUT2D eigenvalue weighted by atomic mass is 10.0. The van der Waals surface area contributed by atoms with E-state index < -0.39 is 18.3 Å². The van der Waals surface area contributed by atoms with E-state index in [0.29, 0.717) is 6.54 Å². The van der Waals surface area contributed by atoms with Crippen molar-refractivity contribution in [3.63, 3.8) is 0 Å². The lowest BCUT2D eigenvalue weighted by molar-refractivity contribution is -0.185. The van der Waals surface area contributed by atoms with Crippen molar-refractivity contribution in [3.05, 3.63) is 34.9 Å². The third-order valence-electron chi connectivity index (χ3n) is 4.52. The number of rotatable bonds is 9. The summed E-state index contributed by atoms with van der Waals surface area (Å²) in [5.41, 5.74) is 6.79. The molecule has 0 aliphatic carbocycles. The fourth-order valence-corrected chi connectivity index (χ4v) is 2.66. The second kappa shape index (κ2) is 12.2. The average Bonchev–Trinajstić information content (AvgIpc) is 2.58. The molecule has 1 saturated heterocycles. The molecule has 3 N–H and O–H groups in total. The number of nitrogens with zero attached hydrogens (tertiary/aromatic N) is 1. The molecular formula is C21H36N2O3. The zero-order valence-electron chi connectivity index (χ0n) is 16.9. The minimum Gasteiger partial charge on any atom is -0.389 e. The van der Waals surface area contributed by atoms with Gasteiger partial charge < -0.3 is 10.2 Å². The Kier molecular flexibility index (Phi) is 10.7. The Morgan fingerprint density at radius 2 is 1.65 bits per heavy atom. The van der Waals surface area contributed by atoms with E-state index in [4.69, 9.17) is 4.84 Å². The molecule has 4 unspecified atom stereocenters. The van der Waals surface area contributed by atoms with Gasteiger partial charge in [0.2, 0.25) is 0 Å². The Morgan fingerprint density at radius 1 is 1.00 bits per heavy atom. The molecule has 0 aromatic rings. The molecule has 0 aromatic carbocycles. The predicted octanol–water partition coefficient (Wildman–Crippen LogP) is 3.49. The van der Waals surface area contributed by atoms with Crippen LogP contribution in [0.5, 0.6) is 0 Å². The van der Waals surface area contributed by atoms with Gasteiger partial charge in [0.25, 0.3) is 0 Å². The van der Waals surface area contributed by atoms with Crippen LogP contribution in [0.2, 0.25) is 0 Å². The summed E-state index contributed by atoms with van der Waals surface area (Å²) < 4.78 is 0. The molecule has 1 aliphatic heterocycles. The van der Waals surface area contributed by atoms with E-state index in [1.807, 2.05) is 6.08 Å². The Labute approximate surface area is 158 Å². The molecular weight excluding hydrogens is 328 g/mol. The standard InChI is InChI=1S/C21H36N2O3/c1-15(2)8-6-9-16(3)10-7-11-17(4)12-13-22-14-19-21(25)20(24)18(5)23-26-19/h8,10,12-13,18-21,23-25H,6-7,9,11,14H2,1-5H3/b16-10+,17-12+,22-13+. The van der Waals surface area contributed by atoms with Crippen LogP contribution in [0.3, 0.4) is 0 Å². The third kappa shape index (κ3) is 8.90. The van der Waals surface area contributed by atoms with Gasteiger partial charge in [-0.3, -0.25) is 9.83 Å². The Hall–Kier alpha value is -1.27. The van der Waals surface area contributed by atoms with Gasteiger partial charge >= 0.3 is 0 Å². The van der Waals surface area contributed by atoms with E-state index >= 15 is 0 Å². The Balaban J connectivity index is 2.30. The minimum atomic E-state index is -0.923. The highest BCUT2D eigenvalue weighted by atomic mass is 16.7. The number of aliphatic imine (C=N–C) groups is 1. The van der Waals surface area contributed by atoms with E-state index in [9.17, 15) is 10.2 Å². The fourth-order valence-electron chi connectivity index (χ4n) is 2.66. The number of hydrogen-bond acceptors (Lipinski definition) is 5. The van der Waals surface area contributed by atoms with Crippen LogP contribution in [0.1, 0.15) is 60.3 Å². The van der Waals surface area contributed by atoms with Crippen LogP contribution in [0.15, 0.2) is 39.9 Å². The quantitative estimate of drug-likeness (QED) is 0.432. The summed E-state index contributed by atoms with van der Waals surface area (Å²) >= 11 is 0. The van der Waals surface area contributed by atoms with Gasteiger partial charge in [0.1, 0.15) is 12.2 Å². The lowest BCUT2D eigenvalue weighted by Gasteiger charge is -2.35. The maximum Gasteiger partial charge on any atom is 0.127 e. The summed E-state index contributed by atoms with van der Waals surface area (Å²) in [4.78, 5) is 9.60. The van der Waals surface area contributed by atoms with Gasteiger partial charge in [-0.05, 0) is 66.4 Å². The Morgan fingerprint density at radius 3 is 2.35 bits per heavy atom. The zero-order valence-corrected chi connectivity index (χ0v) is 16.9. The van der Waals surface area contributed by atoms with E-state index in [0.717, 1.165) is 25.7 Å². The van der Waals surface area contributed by atoms with Crippen molar-refractivity contribution < 1.29 is 15.1 Å². The lowest BCUT2D eigenvalue weighted by Crippen LogP contribution is -2.58. The van der Waals surface area contributed by atoms with Gasteiger partial charge in [-0.25, -0.2) is 0 Å². The topological polar surface area (TPSA) is 74.1 Å². The molecule has 5 heteroatoms.